The molecule has 100 valence electrons. The Morgan fingerprint density at radius 1 is 1.26 bits per heavy atom. The van der Waals surface area contributed by atoms with Gasteiger partial charge in [0.05, 0.1) is 24.6 Å². The van der Waals surface area contributed by atoms with E-state index >= 15 is 0 Å². The van der Waals surface area contributed by atoms with Gasteiger partial charge in [0.25, 0.3) is 0 Å². The van der Waals surface area contributed by atoms with Crippen LogP contribution in [0, 0.1) is 0 Å². The number of hydrogen-bond acceptors (Lipinski definition) is 3. The lowest BCUT2D eigenvalue weighted by molar-refractivity contribution is 0.00410. The quantitative estimate of drug-likeness (QED) is 0.918. The van der Waals surface area contributed by atoms with Crippen molar-refractivity contribution in [2.45, 2.75) is 25.0 Å². The number of rotatable bonds is 2. The molecule has 0 radical (unpaired) electrons. The van der Waals surface area contributed by atoms with Crippen molar-refractivity contribution in [3.05, 3.63) is 47.2 Å². The molecule has 4 nitrogen and oxygen atoms in total. The van der Waals surface area contributed by atoms with Gasteiger partial charge in [0.15, 0.2) is 0 Å². The van der Waals surface area contributed by atoms with E-state index in [1.807, 2.05) is 41.3 Å². The molecule has 2 atom stereocenters. The summed E-state index contributed by atoms with van der Waals surface area (Å²) in [6, 6.07) is 7.76. The first-order chi connectivity index (χ1) is 9.22. The van der Waals surface area contributed by atoms with Crippen molar-refractivity contribution >= 4 is 11.6 Å². The fourth-order valence-corrected chi connectivity index (χ4v) is 2.40. The van der Waals surface area contributed by atoms with E-state index < -0.39 is 0 Å². The number of nitrogens with zero attached hydrogens (tertiary/aromatic N) is 2. The number of nitrogens with two attached hydrogens (primary N) is 1. The summed E-state index contributed by atoms with van der Waals surface area (Å²) < 4.78 is 7.58. The predicted molar refractivity (Wildman–Crippen MR) is 74.5 cm³/mol. The van der Waals surface area contributed by atoms with Gasteiger partial charge in [-0.3, -0.25) is 0 Å². The van der Waals surface area contributed by atoms with Crippen LogP contribution in [-0.2, 0) is 4.74 Å². The maximum Gasteiger partial charge on any atom is 0.0856 e. The standard InChI is InChI=1S/C14H16ClN3O/c15-11-1-4-13(5-2-11)18-8-10(7-17-18)14-6-3-12(16)9-19-14/h1-2,4-5,7-8,12,14H,3,6,9,16H2/t12-,14+/m1/s1. The van der Waals surface area contributed by atoms with E-state index in [2.05, 4.69) is 5.10 Å². The molecule has 1 fully saturated rings. The van der Waals surface area contributed by atoms with Gasteiger partial charge in [-0.05, 0) is 37.1 Å². The summed E-state index contributed by atoms with van der Waals surface area (Å²) in [5.74, 6) is 0. The number of ether oxygens (including phenoxy) is 1. The first kappa shape index (κ1) is 12.7. The van der Waals surface area contributed by atoms with Crippen LogP contribution in [0.25, 0.3) is 5.69 Å². The van der Waals surface area contributed by atoms with Gasteiger partial charge in [0, 0.05) is 22.8 Å². The van der Waals surface area contributed by atoms with Crippen LogP contribution in [0.5, 0.6) is 0 Å². The molecule has 2 aromatic rings. The van der Waals surface area contributed by atoms with Crippen molar-refractivity contribution in [2.75, 3.05) is 6.61 Å². The molecule has 1 saturated heterocycles. The lowest BCUT2D eigenvalue weighted by Gasteiger charge is -2.25. The largest absolute Gasteiger partial charge is 0.372 e. The van der Waals surface area contributed by atoms with Gasteiger partial charge in [-0.2, -0.15) is 5.10 Å². The van der Waals surface area contributed by atoms with E-state index in [9.17, 15) is 0 Å². The minimum Gasteiger partial charge on any atom is -0.372 e. The second-order valence-electron chi connectivity index (χ2n) is 4.85. The van der Waals surface area contributed by atoms with Crippen LogP contribution < -0.4 is 5.73 Å². The summed E-state index contributed by atoms with van der Waals surface area (Å²) in [4.78, 5) is 0. The minimum atomic E-state index is 0.112. The molecule has 2 N–H and O–H groups in total. The Kier molecular flexibility index (Phi) is 3.55. The van der Waals surface area contributed by atoms with E-state index in [-0.39, 0.29) is 12.1 Å². The third-order valence-corrected chi connectivity index (χ3v) is 3.63. The Balaban J connectivity index is 1.77. The number of aromatic nitrogens is 2. The first-order valence-corrected chi connectivity index (χ1v) is 6.78. The van der Waals surface area contributed by atoms with Gasteiger partial charge in [0.1, 0.15) is 0 Å². The SMILES string of the molecule is N[C@@H]1CC[C@@H](c2cnn(-c3ccc(Cl)cc3)c2)OC1. The van der Waals surface area contributed by atoms with E-state index in [1.165, 1.54) is 0 Å². The van der Waals surface area contributed by atoms with Crippen LogP contribution in [0.4, 0.5) is 0 Å². The molecule has 1 aliphatic heterocycles. The number of hydrogen-bond donors (Lipinski definition) is 1. The number of halogens is 1. The van der Waals surface area contributed by atoms with Crippen LogP contribution in [-0.4, -0.2) is 22.4 Å². The van der Waals surface area contributed by atoms with Gasteiger partial charge in [-0.1, -0.05) is 11.6 Å². The lowest BCUT2D eigenvalue weighted by Crippen LogP contribution is -2.32. The molecule has 0 spiro atoms. The average molecular weight is 278 g/mol. The molecule has 5 heteroatoms. The van der Waals surface area contributed by atoms with Crippen molar-refractivity contribution < 1.29 is 4.74 Å². The van der Waals surface area contributed by atoms with Crippen LogP contribution in [0.15, 0.2) is 36.7 Å². The van der Waals surface area contributed by atoms with Crippen molar-refractivity contribution in [1.82, 2.24) is 9.78 Å². The summed E-state index contributed by atoms with van der Waals surface area (Å²) in [5, 5.41) is 5.10. The van der Waals surface area contributed by atoms with Gasteiger partial charge >= 0.3 is 0 Å². The van der Waals surface area contributed by atoms with Crippen molar-refractivity contribution in [2.24, 2.45) is 5.73 Å². The maximum absolute atomic E-state index is 5.88. The molecule has 1 aliphatic rings. The van der Waals surface area contributed by atoms with Crippen LogP contribution in [0.1, 0.15) is 24.5 Å². The second-order valence-corrected chi connectivity index (χ2v) is 5.29. The molecule has 1 aromatic carbocycles. The monoisotopic (exact) mass is 277 g/mol. The minimum absolute atomic E-state index is 0.112. The summed E-state index contributed by atoms with van der Waals surface area (Å²) >= 11 is 5.88. The Labute approximate surface area is 117 Å². The van der Waals surface area contributed by atoms with Crippen LogP contribution in [0.3, 0.4) is 0 Å². The zero-order valence-electron chi connectivity index (χ0n) is 10.5. The zero-order chi connectivity index (χ0) is 13.2. The molecule has 0 unspecified atom stereocenters. The first-order valence-electron chi connectivity index (χ1n) is 6.40. The van der Waals surface area contributed by atoms with Crippen LogP contribution >= 0.6 is 11.6 Å². The maximum atomic E-state index is 5.88. The van der Waals surface area contributed by atoms with E-state index in [4.69, 9.17) is 22.1 Å². The summed E-state index contributed by atoms with van der Waals surface area (Å²) in [5.41, 5.74) is 7.92. The smallest absolute Gasteiger partial charge is 0.0856 e. The van der Waals surface area contributed by atoms with E-state index in [0.717, 1.165) is 29.1 Å². The predicted octanol–water partition coefficient (Wildman–Crippen LogP) is 2.70. The molecular formula is C14H16ClN3O. The molecular weight excluding hydrogens is 262 g/mol. The summed E-state index contributed by atoms with van der Waals surface area (Å²) in [6.45, 7) is 0.622. The lowest BCUT2D eigenvalue weighted by atomic mass is 10.0. The highest BCUT2D eigenvalue weighted by molar-refractivity contribution is 6.30. The van der Waals surface area contributed by atoms with Gasteiger partial charge in [-0.25, -0.2) is 4.68 Å². The van der Waals surface area contributed by atoms with Crippen LogP contribution in [0.2, 0.25) is 5.02 Å². The second kappa shape index (κ2) is 5.33. The van der Waals surface area contributed by atoms with Crippen molar-refractivity contribution in [1.29, 1.82) is 0 Å². The Morgan fingerprint density at radius 3 is 2.74 bits per heavy atom. The van der Waals surface area contributed by atoms with E-state index in [0.29, 0.717) is 6.61 Å². The third-order valence-electron chi connectivity index (χ3n) is 3.38. The molecule has 0 saturated carbocycles. The topological polar surface area (TPSA) is 53.1 Å². The number of benzene rings is 1. The third kappa shape index (κ3) is 2.81. The fraction of sp³-hybridized carbons (Fsp3) is 0.357. The van der Waals surface area contributed by atoms with Gasteiger partial charge < -0.3 is 10.5 Å². The van der Waals surface area contributed by atoms with Crippen molar-refractivity contribution in [3.8, 4) is 5.69 Å². The highest BCUT2D eigenvalue weighted by Gasteiger charge is 2.21. The molecule has 0 aliphatic carbocycles. The Hall–Kier alpha value is -1.36. The normalized spacial score (nSPS) is 23.5. The molecule has 1 aromatic heterocycles. The molecule has 2 heterocycles. The average Bonchev–Trinajstić information content (AvgIpc) is 2.90. The summed E-state index contributed by atoms with van der Waals surface area (Å²) in [7, 11) is 0. The fourth-order valence-electron chi connectivity index (χ4n) is 2.27. The summed E-state index contributed by atoms with van der Waals surface area (Å²) in [6.07, 6.45) is 5.92. The molecule has 19 heavy (non-hydrogen) atoms. The van der Waals surface area contributed by atoms with E-state index in [1.54, 1.807) is 0 Å². The Bertz CT molecular complexity index is 544. The van der Waals surface area contributed by atoms with Gasteiger partial charge in [0.2, 0.25) is 0 Å². The molecule has 0 amide bonds. The highest BCUT2D eigenvalue weighted by atomic mass is 35.5. The Morgan fingerprint density at radius 2 is 2.05 bits per heavy atom. The zero-order valence-corrected chi connectivity index (χ0v) is 11.3. The highest BCUT2D eigenvalue weighted by Crippen LogP contribution is 2.27. The van der Waals surface area contributed by atoms with Crippen molar-refractivity contribution in [3.63, 3.8) is 0 Å². The molecule has 0 bridgehead atoms. The van der Waals surface area contributed by atoms with Gasteiger partial charge in [-0.15, -0.1) is 0 Å². The molecule has 3 rings (SSSR count).